The molecule has 0 aliphatic heterocycles. The maximum atomic E-state index is 12.0. The summed E-state index contributed by atoms with van der Waals surface area (Å²) in [6, 6.07) is 18.3. The monoisotopic (exact) mass is 479 g/mol. The lowest BCUT2D eigenvalue weighted by Gasteiger charge is -2.09. The van der Waals surface area contributed by atoms with E-state index in [-0.39, 0.29) is 13.0 Å². The maximum absolute atomic E-state index is 12.0. The second kappa shape index (κ2) is 15.1. The third-order valence-electron chi connectivity index (χ3n) is 5.15. The summed E-state index contributed by atoms with van der Waals surface area (Å²) in [6.45, 7) is 1.30. The first-order valence-corrected chi connectivity index (χ1v) is 11.6. The molecule has 0 amide bonds. The fourth-order valence-electron chi connectivity index (χ4n) is 3.35. The quantitative estimate of drug-likeness (QED) is 0.210. The minimum absolute atomic E-state index is 0.117. The van der Waals surface area contributed by atoms with Crippen LogP contribution in [0, 0.1) is 0 Å². The highest BCUT2D eigenvalue weighted by atomic mass is 19.4. The molecule has 2 aromatic carbocycles. The van der Waals surface area contributed by atoms with E-state index in [4.69, 9.17) is 4.74 Å². The second-order valence-electron chi connectivity index (χ2n) is 8.01. The molecule has 0 fully saturated rings. The van der Waals surface area contributed by atoms with Crippen LogP contribution >= 0.6 is 0 Å². The van der Waals surface area contributed by atoms with Gasteiger partial charge in [0.15, 0.2) is 0 Å². The normalized spacial score (nSPS) is 11.3. The molecule has 8 heteroatoms. The van der Waals surface area contributed by atoms with Crippen LogP contribution in [0.25, 0.3) is 0 Å². The Kier molecular flexibility index (Phi) is 12.2. The molecule has 5 nitrogen and oxygen atoms in total. The van der Waals surface area contributed by atoms with E-state index >= 15 is 0 Å². The number of alkyl halides is 3. The van der Waals surface area contributed by atoms with Gasteiger partial charge in [0.1, 0.15) is 5.75 Å². The van der Waals surface area contributed by atoms with Crippen LogP contribution in [0.2, 0.25) is 0 Å². The smallest absolute Gasteiger partial charge is 0.491 e. The average molecular weight is 480 g/mol. The Labute approximate surface area is 198 Å². The zero-order valence-electron chi connectivity index (χ0n) is 19.2. The number of unbranched alkanes of at least 4 members (excludes halogenated alkanes) is 4. The largest absolute Gasteiger partial charge is 0.494 e. The molecule has 1 N–H and O–H groups in total. The summed E-state index contributed by atoms with van der Waals surface area (Å²) in [5.41, 5.74) is 2.43. The number of benzene rings is 2. The number of aryl methyl sites for hydroxylation is 1. The van der Waals surface area contributed by atoms with Crippen LogP contribution in [0.15, 0.2) is 54.6 Å². The Bertz CT molecular complexity index is 872. The van der Waals surface area contributed by atoms with Crippen LogP contribution in [0.1, 0.15) is 49.7 Å². The minimum atomic E-state index is -5.17. The Morgan fingerprint density at radius 1 is 0.794 bits per heavy atom. The SMILES string of the molecule is O=C(CCNCCc1cccc(OCCCCCCCc2ccccc2)c1)OC(=O)C(F)(F)F. The number of carbonyl (C=O) groups is 2. The van der Waals surface area contributed by atoms with Crippen molar-refractivity contribution in [3.63, 3.8) is 0 Å². The van der Waals surface area contributed by atoms with E-state index in [1.165, 1.54) is 24.8 Å². The summed E-state index contributed by atoms with van der Waals surface area (Å²) < 4.78 is 45.7. The molecular weight excluding hydrogens is 447 g/mol. The number of rotatable bonds is 15. The van der Waals surface area contributed by atoms with Crippen molar-refractivity contribution < 1.29 is 32.2 Å². The lowest BCUT2D eigenvalue weighted by molar-refractivity contribution is -0.201. The molecule has 0 heterocycles. The predicted octanol–water partition coefficient (Wildman–Crippen LogP) is 5.41. The standard InChI is InChI=1S/C26H32F3NO4/c27-26(28,29)25(32)34-24(31)16-18-30-17-15-22-13-9-14-23(20-22)33-19-8-3-1-2-5-10-21-11-6-4-7-12-21/h4,6-7,9,11-14,20,30H,1-3,5,8,10,15-19H2. The van der Waals surface area contributed by atoms with E-state index in [1.54, 1.807) is 0 Å². The molecule has 0 saturated carbocycles. The summed E-state index contributed by atoms with van der Waals surface area (Å²) in [4.78, 5) is 21.8. The highest BCUT2D eigenvalue weighted by Crippen LogP contribution is 2.17. The number of hydrogen-bond acceptors (Lipinski definition) is 5. The molecule has 0 radical (unpaired) electrons. The van der Waals surface area contributed by atoms with Gasteiger partial charge in [0.2, 0.25) is 0 Å². The molecule has 2 aromatic rings. The molecule has 0 atom stereocenters. The Hall–Kier alpha value is -2.87. The van der Waals surface area contributed by atoms with Crippen molar-refractivity contribution in [1.82, 2.24) is 5.32 Å². The topological polar surface area (TPSA) is 64.6 Å². The fourth-order valence-corrected chi connectivity index (χ4v) is 3.35. The molecule has 186 valence electrons. The summed E-state index contributed by atoms with van der Waals surface area (Å²) in [6.07, 6.45) is 2.05. The molecule has 0 unspecified atom stereocenters. The van der Waals surface area contributed by atoms with Crippen LogP contribution in [0.4, 0.5) is 13.2 Å². The third kappa shape index (κ3) is 11.8. The van der Waals surface area contributed by atoms with Gasteiger partial charge in [-0.3, -0.25) is 4.79 Å². The zero-order chi connectivity index (χ0) is 24.7. The van der Waals surface area contributed by atoms with Gasteiger partial charge in [0, 0.05) is 6.54 Å². The van der Waals surface area contributed by atoms with Gasteiger partial charge in [-0.2, -0.15) is 13.2 Å². The molecule has 0 aromatic heterocycles. The average Bonchev–Trinajstić information content (AvgIpc) is 2.81. The van der Waals surface area contributed by atoms with Gasteiger partial charge in [0.25, 0.3) is 0 Å². The van der Waals surface area contributed by atoms with E-state index < -0.39 is 18.1 Å². The Balaban J connectivity index is 1.51. The maximum Gasteiger partial charge on any atom is 0.491 e. The van der Waals surface area contributed by atoms with Crippen molar-refractivity contribution in [2.45, 2.75) is 57.5 Å². The molecular formula is C26H32F3NO4. The van der Waals surface area contributed by atoms with Crippen LogP contribution in [-0.2, 0) is 27.2 Å². The minimum Gasteiger partial charge on any atom is -0.494 e. The van der Waals surface area contributed by atoms with Gasteiger partial charge in [-0.15, -0.1) is 0 Å². The summed E-state index contributed by atoms with van der Waals surface area (Å²) in [5, 5.41) is 2.95. The van der Waals surface area contributed by atoms with Gasteiger partial charge in [0.05, 0.1) is 13.0 Å². The fraction of sp³-hybridized carbons (Fsp3) is 0.462. The number of halogens is 3. The summed E-state index contributed by atoms with van der Waals surface area (Å²) in [7, 11) is 0. The van der Waals surface area contributed by atoms with E-state index in [2.05, 4.69) is 34.3 Å². The molecule has 0 saturated heterocycles. The first-order valence-electron chi connectivity index (χ1n) is 11.6. The number of nitrogens with one attached hydrogen (secondary N) is 1. The lowest BCUT2D eigenvalue weighted by atomic mass is 10.1. The molecule has 0 aliphatic carbocycles. The van der Waals surface area contributed by atoms with Crippen molar-refractivity contribution >= 4 is 11.9 Å². The highest BCUT2D eigenvalue weighted by Gasteiger charge is 2.42. The first kappa shape index (κ1) is 27.4. The predicted molar refractivity (Wildman–Crippen MR) is 124 cm³/mol. The van der Waals surface area contributed by atoms with Crippen molar-refractivity contribution in [3.05, 3.63) is 65.7 Å². The van der Waals surface area contributed by atoms with Crippen LogP contribution in [0.5, 0.6) is 5.75 Å². The molecule has 34 heavy (non-hydrogen) atoms. The third-order valence-corrected chi connectivity index (χ3v) is 5.15. The summed E-state index contributed by atoms with van der Waals surface area (Å²) >= 11 is 0. The van der Waals surface area contributed by atoms with Crippen molar-refractivity contribution in [1.29, 1.82) is 0 Å². The van der Waals surface area contributed by atoms with Gasteiger partial charge in [-0.1, -0.05) is 61.7 Å². The number of esters is 2. The van der Waals surface area contributed by atoms with E-state index in [1.807, 2.05) is 30.3 Å². The van der Waals surface area contributed by atoms with E-state index in [9.17, 15) is 22.8 Å². The van der Waals surface area contributed by atoms with Crippen molar-refractivity contribution in [3.8, 4) is 5.75 Å². The Morgan fingerprint density at radius 3 is 2.26 bits per heavy atom. The number of carbonyl (C=O) groups excluding carboxylic acids is 2. The Morgan fingerprint density at radius 2 is 1.50 bits per heavy atom. The molecule has 2 rings (SSSR count). The van der Waals surface area contributed by atoms with Crippen LogP contribution in [0.3, 0.4) is 0 Å². The number of hydrogen-bond donors (Lipinski definition) is 1. The second-order valence-corrected chi connectivity index (χ2v) is 8.01. The molecule has 0 aliphatic rings. The van der Waals surface area contributed by atoms with Gasteiger partial charge >= 0.3 is 18.1 Å². The zero-order valence-corrected chi connectivity index (χ0v) is 19.2. The van der Waals surface area contributed by atoms with Crippen molar-refractivity contribution in [2.24, 2.45) is 0 Å². The number of ether oxygens (including phenoxy) is 2. The van der Waals surface area contributed by atoms with E-state index in [0.29, 0.717) is 19.6 Å². The van der Waals surface area contributed by atoms with E-state index in [0.717, 1.165) is 30.6 Å². The summed E-state index contributed by atoms with van der Waals surface area (Å²) in [5.74, 6) is -2.89. The van der Waals surface area contributed by atoms with Gasteiger partial charge in [-0.05, 0) is 55.5 Å². The van der Waals surface area contributed by atoms with Crippen LogP contribution < -0.4 is 10.1 Å². The first-order chi connectivity index (χ1) is 16.3. The molecule has 0 spiro atoms. The van der Waals surface area contributed by atoms with Crippen molar-refractivity contribution in [2.75, 3.05) is 19.7 Å². The van der Waals surface area contributed by atoms with Gasteiger partial charge < -0.3 is 14.8 Å². The molecule has 0 bridgehead atoms. The van der Waals surface area contributed by atoms with Crippen LogP contribution in [-0.4, -0.2) is 37.8 Å². The lowest BCUT2D eigenvalue weighted by Crippen LogP contribution is -2.29. The highest BCUT2D eigenvalue weighted by molar-refractivity contribution is 5.88. The van der Waals surface area contributed by atoms with Gasteiger partial charge in [-0.25, -0.2) is 4.79 Å².